The van der Waals surface area contributed by atoms with Gasteiger partial charge in [-0.3, -0.25) is 9.59 Å². The Morgan fingerprint density at radius 3 is 2.26 bits per heavy atom. The molecule has 2 atom stereocenters. The van der Waals surface area contributed by atoms with Gasteiger partial charge in [-0.1, -0.05) is 52.0 Å². The van der Waals surface area contributed by atoms with Crippen LogP contribution in [0.15, 0.2) is 35.7 Å². The van der Waals surface area contributed by atoms with Gasteiger partial charge in [-0.05, 0) is 40.8 Å². The first-order valence-corrected chi connectivity index (χ1v) is 10.2. The van der Waals surface area contributed by atoms with Crippen LogP contribution in [0.5, 0.6) is 0 Å². The molecule has 0 aliphatic rings. The van der Waals surface area contributed by atoms with Crippen LogP contribution in [0.2, 0.25) is 0 Å². The molecular weight excluding hydrogens is 358 g/mol. The third-order valence-corrected chi connectivity index (χ3v) is 5.64. The second-order valence-electron chi connectivity index (χ2n) is 7.15. The molecule has 1 heterocycles. The summed E-state index contributed by atoms with van der Waals surface area (Å²) in [5.74, 6) is 0.137. The molecule has 0 saturated heterocycles. The number of carbonyl (C=O) groups is 2. The lowest BCUT2D eigenvalue weighted by atomic mass is 9.92. The third-order valence-electron chi connectivity index (χ3n) is 4.81. The highest BCUT2D eigenvalue weighted by Gasteiger charge is 2.18. The Morgan fingerprint density at radius 2 is 1.70 bits per heavy atom. The maximum absolute atomic E-state index is 12.3. The first kappa shape index (κ1) is 21.1. The second kappa shape index (κ2) is 9.67. The number of benzene rings is 1. The lowest BCUT2D eigenvalue weighted by molar-refractivity contribution is -0.115. The summed E-state index contributed by atoms with van der Waals surface area (Å²) in [6.45, 7) is 8.83. The Kier molecular flexibility index (Phi) is 7.56. The molecule has 0 saturated carbocycles. The van der Waals surface area contributed by atoms with Crippen molar-refractivity contribution < 1.29 is 9.59 Å². The average Bonchev–Trinajstić information content (AvgIpc) is 3.09. The van der Waals surface area contributed by atoms with Gasteiger partial charge in [0.2, 0.25) is 5.91 Å². The van der Waals surface area contributed by atoms with Gasteiger partial charge in [0.1, 0.15) is 5.00 Å². The fourth-order valence-electron chi connectivity index (χ4n) is 2.98. The van der Waals surface area contributed by atoms with Gasteiger partial charge >= 0.3 is 0 Å². The molecule has 27 heavy (non-hydrogen) atoms. The Hall–Kier alpha value is -2.18. The number of primary amides is 1. The number of hydrogen-bond donors (Lipinski definition) is 3. The Labute approximate surface area is 165 Å². The largest absolute Gasteiger partial charge is 0.366 e. The molecule has 2 aromatic rings. The molecule has 2 amide bonds. The van der Waals surface area contributed by atoms with Crippen molar-refractivity contribution in [1.82, 2.24) is 5.32 Å². The van der Waals surface area contributed by atoms with E-state index in [1.165, 1.54) is 22.5 Å². The van der Waals surface area contributed by atoms with E-state index in [0.717, 1.165) is 6.42 Å². The van der Waals surface area contributed by atoms with E-state index in [1.54, 1.807) is 11.4 Å². The number of anilines is 1. The van der Waals surface area contributed by atoms with Gasteiger partial charge in [-0.15, -0.1) is 11.3 Å². The molecule has 0 fully saturated rings. The topological polar surface area (TPSA) is 84.2 Å². The lowest BCUT2D eigenvalue weighted by Gasteiger charge is -2.23. The van der Waals surface area contributed by atoms with E-state index in [-0.39, 0.29) is 18.5 Å². The van der Waals surface area contributed by atoms with E-state index < -0.39 is 5.91 Å². The smallest absolute Gasteiger partial charge is 0.251 e. The Morgan fingerprint density at radius 1 is 1.07 bits per heavy atom. The summed E-state index contributed by atoms with van der Waals surface area (Å²) in [4.78, 5) is 23.7. The number of rotatable bonds is 9. The molecule has 1 aromatic heterocycles. The van der Waals surface area contributed by atoms with E-state index in [1.807, 2.05) is 0 Å². The van der Waals surface area contributed by atoms with Crippen LogP contribution < -0.4 is 16.4 Å². The number of hydrogen-bond acceptors (Lipinski definition) is 4. The van der Waals surface area contributed by atoms with Crippen molar-refractivity contribution >= 4 is 28.2 Å². The maximum atomic E-state index is 12.3. The highest BCUT2D eigenvalue weighted by molar-refractivity contribution is 7.14. The Balaban J connectivity index is 2.00. The molecule has 2 rings (SSSR count). The van der Waals surface area contributed by atoms with Crippen LogP contribution in [-0.4, -0.2) is 18.4 Å². The summed E-state index contributed by atoms with van der Waals surface area (Å²) < 4.78 is 0. The van der Waals surface area contributed by atoms with Crippen molar-refractivity contribution in [3.05, 3.63) is 52.4 Å². The number of nitrogens with two attached hydrogens (primary N) is 1. The number of nitrogens with one attached hydrogen (secondary N) is 2. The summed E-state index contributed by atoms with van der Waals surface area (Å²) in [5.41, 5.74) is 8.16. The number of amides is 2. The quantitative estimate of drug-likeness (QED) is 0.600. The lowest BCUT2D eigenvalue weighted by Crippen LogP contribution is -2.33. The number of carbonyl (C=O) groups excluding carboxylic acids is 2. The summed E-state index contributed by atoms with van der Waals surface area (Å²) in [6, 6.07) is 10.3. The fourth-order valence-corrected chi connectivity index (χ4v) is 3.79. The third kappa shape index (κ3) is 5.65. The van der Waals surface area contributed by atoms with E-state index in [0.29, 0.717) is 22.4 Å². The van der Waals surface area contributed by atoms with E-state index in [4.69, 9.17) is 5.73 Å². The van der Waals surface area contributed by atoms with Crippen molar-refractivity contribution in [2.75, 3.05) is 11.9 Å². The summed E-state index contributed by atoms with van der Waals surface area (Å²) in [5, 5.41) is 8.33. The second-order valence-corrected chi connectivity index (χ2v) is 8.07. The van der Waals surface area contributed by atoms with Crippen molar-refractivity contribution in [3.8, 4) is 0 Å². The van der Waals surface area contributed by atoms with Crippen LogP contribution in [0.3, 0.4) is 0 Å². The van der Waals surface area contributed by atoms with Crippen LogP contribution in [0, 0.1) is 5.92 Å². The molecule has 0 radical (unpaired) electrons. The molecule has 0 bridgehead atoms. The van der Waals surface area contributed by atoms with Crippen molar-refractivity contribution in [3.63, 3.8) is 0 Å². The molecule has 1 aromatic carbocycles. The molecule has 0 spiro atoms. The standard InChI is InChI=1S/C21H29N3O2S/c1-5-14(4)15-6-8-16(9-7-15)19(13(2)3)23-12-18(25)24-21-17(20(22)26)10-11-27-21/h6-11,13-14,19,23H,5,12H2,1-4H3,(H2,22,26)(H,24,25)/t14-,19-/m0/s1. The van der Waals surface area contributed by atoms with Crippen molar-refractivity contribution in [2.24, 2.45) is 11.7 Å². The van der Waals surface area contributed by atoms with Crippen molar-refractivity contribution in [1.29, 1.82) is 0 Å². The summed E-state index contributed by atoms with van der Waals surface area (Å²) in [7, 11) is 0. The average molecular weight is 388 g/mol. The summed E-state index contributed by atoms with van der Waals surface area (Å²) in [6.07, 6.45) is 1.11. The van der Waals surface area contributed by atoms with Gasteiger partial charge in [0.25, 0.3) is 5.91 Å². The molecule has 6 heteroatoms. The first-order chi connectivity index (χ1) is 12.8. The zero-order chi connectivity index (χ0) is 20.0. The van der Waals surface area contributed by atoms with Gasteiger partial charge in [-0.2, -0.15) is 0 Å². The minimum absolute atomic E-state index is 0.0701. The van der Waals surface area contributed by atoms with E-state index >= 15 is 0 Å². The predicted molar refractivity (Wildman–Crippen MR) is 112 cm³/mol. The monoisotopic (exact) mass is 387 g/mol. The SMILES string of the molecule is CC[C@H](C)c1ccc([C@@H](NCC(=O)Nc2sccc2C(N)=O)C(C)C)cc1. The highest BCUT2D eigenvalue weighted by atomic mass is 32.1. The van der Waals surface area contributed by atoms with Gasteiger partial charge in [0, 0.05) is 6.04 Å². The van der Waals surface area contributed by atoms with Crippen LogP contribution in [0.25, 0.3) is 0 Å². The normalized spacial score (nSPS) is 13.4. The molecule has 5 nitrogen and oxygen atoms in total. The highest BCUT2D eigenvalue weighted by Crippen LogP contribution is 2.26. The predicted octanol–water partition coefficient (Wildman–Crippen LogP) is 4.29. The van der Waals surface area contributed by atoms with Gasteiger partial charge in [0.15, 0.2) is 0 Å². The molecule has 0 aliphatic heterocycles. The first-order valence-electron chi connectivity index (χ1n) is 9.33. The molecule has 0 unspecified atom stereocenters. The molecular formula is C21H29N3O2S. The maximum Gasteiger partial charge on any atom is 0.251 e. The minimum atomic E-state index is -0.541. The van der Waals surface area contributed by atoms with Crippen LogP contribution >= 0.6 is 11.3 Å². The number of thiophene rings is 1. The van der Waals surface area contributed by atoms with Crippen molar-refractivity contribution in [2.45, 2.75) is 46.1 Å². The fraction of sp³-hybridized carbons (Fsp3) is 0.429. The van der Waals surface area contributed by atoms with Gasteiger partial charge in [0.05, 0.1) is 12.1 Å². The minimum Gasteiger partial charge on any atom is -0.366 e. The zero-order valence-corrected chi connectivity index (χ0v) is 17.2. The molecule has 146 valence electrons. The molecule has 0 aliphatic carbocycles. The van der Waals surface area contributed by atoms with Crippen LogP contribution in [0.4, 0.5) is 5.00 Å². The van der Waals surface area contributed by atoms with E-state index in [9.17, 15) is 9.59 Å². The Bertz CT molecular complexity index is 768. The summed E-state index contributed by atoms with van der Waals surface area (Å²) >= 11 is 1.29. The van der Waals surface area contributed by atoms with Gasteiger partial charge in [-0.25, -0.2) is 0 Å². The van der Waals surface area contributed by atoms with Gasteiger partial charge < -0.3 is 16.4 Å². The van der Waals surface area contributed by atoms with E-state index in [2.05, 4.69) is 62.6 Å². The van der Waals surface area contributed by atoms with Crippen LogP contribution in [0.1, 0.15) is 67.6 Å². The zero-order valence-electron chi connectivity index (χ0n) is 16.4. The molecule has 4 N–H and O–H groups in total. The van der Waals surface area contributed by atoms with Crippen LogP contribution in [-0.2, 0) is 4.79 Å².